The summed E-state index contributed by atoms with van der Waals surface area (Å²) in [6.45, 7) is 5.57. The minimum Gasteiger partial charge on any atom is -0.467 e. The number of aryl methyl sites for hydroxylation is 1. The van der Waals surface area contributed by atoms with Gasteiger partial charge in [0, 0.05) is 37.0 Å². The van der Waals surface area contributed by atoms with Gasteiger partial charge in [-0.2, -0.15) is 0 Å². The summed E-state index contributed by atoms with van der Waals surface area (Å²) >= 11 is 0. The topological polar surface area (TPSA) is 87.5 Å². The Labute approximate surface area is 175 Å². The molecule has 0 spiro atoms. The summed E-state index contributed by atoms with van der Waals surface area (Å²) in [5.41, 5.74) is 2.78. The fraction of sp³-hybridized carbons (Fsp3) is 0.348. The first-order chi connectivity index (χ1) is 14.5. The van der Waals surface area contributed by atoms with Crippen molar-refractivity contribution < 1.29 is 14.0 Å². The summed E-state index contributed by atoms with van der Waals surface area (Å²) in [6, 6.07) is 11.5. The van der Waals surface area contributed by atoms with E-state index in [9.17, 15) is 9.59 Å². The molecule has 0 atom stereocenters. The average molecular weight is 406 g/mol. The van der Waals surface area contributed by atoms with Crippen molar-refractivity contribution in [1.29, 1.82) is 0 Å². The molecule has 1 saturated heterocycles. The molecule has 1 aromatic carbocycles. The largest absolute Gasteiger partial charge is 0.467 e. The number of benzene rings is 1. The van der Waals surface area contributed by atoms with Gasteiger partial charge < -0.3 is 20.0 Å². The van der Waals surface area contributed by atoms with E-state index in [-0.39, 0.29) is 17.7 Å². The van der Waals surface area contributed by atoms with E-state index >= 15 is 0 Å². The van der Waals surface area contributed by atoms with Gasteiger partial charge in [-0.15, -0.1) is 0 Å². The Balaban J connectivity index is 1.40. The van der Waals surface area contributed by atoms with Gasteiger partial charge >= 0.3 is 0 Å². The van der Waals surface area contributed by atoms with Crippen molar-refractivity contribution in [3.63, 3.8) is 0 Å². The van der Waals surface area contributed by atoms with Crippen LogP contribution in [0.3, 0.4) is 0 Å². The Morgan fingerprint density at radius 2 is 2.00 bits per heavy atom. The van der Waals surface area contributed by atoms with Crippen molar-refractivity contribution in [2.75, 3.05) is 23.3 Å². The smallest absolute Gasteiger partial charge is 0.223 e. The molecule has 2 amide bonds. The van der Waals surface area contributed by atoms with Crippen molar-refractivity contribution in [2.24, 2.45) is 5.92 Å². The normalized spacial score (nSPS) is 14.7. The number of carbonyl (C=O) groups excluding carboxylic acids is 2. The number of amides is 2. The Morgan fingerprint density at radius 1 is 1.20 bits per heavy atom. The first-order valence-corrected chi connectivity index (χ1v) is 10.2. The monoisotopic (exact) mass is 406 g/mol. The molecule has 0 unspecified atom stereocenters. The lowest BCUT2D eigenvalue weighted by Gasteiger charge is -2.32. The summed E-state index contributed by atoms with van der Waals surface area (Å²) in [4.78, 5) is 30.8. The third-order valence-corrected chi connectivity index (χ3v) is 5.53. The molecule has 30 heavy (non-hydrogen) atoms. The molecule has 3 aromatic rings. The van der Waals surface area contributed by atoms with Crippen molar-refractivity contribution >= 4 is 34.2 Å². The highest BCUT2D eigenvalue weighted by Gasteiger charge is 2.26. The number of nitrogens with one attached hydrogen (secondary N) is 2. The number of hydrogen-bond acceptors (Lipinski definition) is 5. The van der Waals surface area contributed by atoms with E-state index in [2.05, 4.69) is 28.5 Å². The van der Waals surface area contributed by atoms with Crippen LogP contribution in [0.2, 0.25) is 0 Å². The minimum atomic E-state index is -0.0901. The second kappa shape index (κ2) is 8.57. The van der Waals surface area contributed by atoms with Gasteiger partial charge in [0.1, 0.15) is 11.6 Å². The van der Waals surface area contributed by atoms with E-state index in [0.717, 1.165) is 59.7 Å². The van der Waals surface area contributed by atoms with Gasteiger partial charge in [0.15, 0.2) is 0 Å². The highest BCUT2D eigenvalue weighted by Crippen LogP contribution is 2.28. The zero-order valence-electron chi connectivity index (χ0n) is 17.3. The second-order valence-corrected chi connectivity index (χ2v) is 7.77. The van der Waals surface area contributed by atoms with Crippen molar-refractivity contribution in [2.45, 2.75) is 33.2 Å². The van der Waals surface area contributed by atoms with Gasteiger partial charge in [-0.1, -0.05) is 0 Å². The van der Waals surface area contributed by atoms with Crippen LogP contribution in [0.15, 0.2) is 47.1 Å². The number of piperidine rings is 1. The predicted octanol–water partition coefficient (Wildman–Crippen LogP) is 3.63. The molecule has 1 aliphatic heterocycles. The fourth-order valence-electron chi connectivity index (χ4n) is 3.92. The molecule has 2 aromatic heterocycles. The lowest BCUT2D eigenvalue weighted by molar-refractivity contribution is -0.125. The highest BCUT2D eigenvalue weighted by molar-refractivity contribution is 5.93. The molecule has 2 N–H and O–H groups in total. The van der Waals surface area contributed by atoms with Crippen LogP contribution in [0.25, 0.3) is 10.9 Å². The van der Waals surface area contributed by atoms with Crippen molar-refractivity contribution in [3.05, 3.63) is 54.0 Å². The van der Waals surface area contributed by atoms with E-state index < -0.39 is 0 Å². The molecule has 156 valence electrons. The van der Waals surface area contributed by atoms with E-state index in [1.807, 2.05) is 30.3 Å². The lowest BCUT2D eigenvalue weighted by atomic mass is 9.95. The molecule has 0 radical (unpaired) electrons. The zero-order valence-corrected chi connectivity index (χ0v) is 17.3. The van der Waals surface area contributed by atoms with Crippen LogP contribution in [0.1, 0.15) is 31.1 Å². The summed E-state index contributed by atoms with van der Waals surface area (Å²) in [5, 5.41) is 6.81. The molecular weight excluding hydrogens is 380 g/mol. The number of anilines is 2. The van der Waals surface area contributed by atoms with Crippen LogP contribution >= 0.6 is 0 Å². The van der Waals surface area contributed by atoms with Gasteiger partial charge in [-0.3, -0.25) is 9.59 Å². The standard InChI is InChI=1S/C23H26N4O3/c1-15-12-22(26-21-6-5-18(13-20(15)21)25-16(2)28)27-9-7-17(8-10-27)23(29)24-14-19-4-3-11-30-19/h3-6,11-13,17H,7-10,14H2,1-2H3,(H,24,29)(H,25,28). The fourth-order valence-corrected chi connectivity index (χ4v) is 3.92. The number of carbonyl (C=O) groups is 2. The Hall–Kier alpha value is -3.35. The molecule has 1 aliphatic rings. The number of nitrogens with zero attached hydrogens (tertiary/aromatic N) is 2. The maximum absolute atomic E-state index is 12.5. The van der Waals surface area contributed by atoms with Crippen LogP contribution in [0.4, 0.5) is 11.5 Å². The number of hydrogen-bond donors (Lipinski definition) is 2. The third-order valence-electron chi connectivity index (χ3n) is 5.53. The number of fused-ring (bicyclic) bond motifs is 1. The molecule has 7 nitrogen and oxygen atoms in total. The maximum Gasteiger partial charge on any atom is 0.223 e. The molecule has 7 heteroatoms. The SMILES string of the molecule is CC(=O)Nc1ccc2nc(N3CCC(C(=O)NCc4ccco4)CC3)cc(C)c2c1. The Kier molecular flexibility index (Phi) is 5.70. The summed E-state index contributed by atoms with van der Waals surface area (Å²) in [5.74, 6) is 1.70. The van der Waals surface area contributed by atoms with Crippen molar-refractivity contribution in [3.8, 4) is 0 Å². The van der Waals surface area contributed by atoms with Crippen molar-refractivity contribution in [1.82, 2.24) is 10.3 Å². The molecule has 4 rings (SSSR count). The van der Waals surface area contributed by atoms with E-state index in [1.54, 1.807) is 6.26 Å². The van der Waals surface area contributed by atoms with Gasteiger partial charge in [0.05, 0.1) is 18.3 Å². The van der Waals surface area contributed by atoms with Gasteiger partial charge in [-0.05, 0) is 61.7 Å². The number of aromatic nitrogens is 1. The summed E-state index contributed by atoms with van der Waals surface area (Å²) < 4.78 is 5.27. The summed E-state index contributed by atoms with van der Waals surface area (Å²) in [7, 11) is 0. The predicted molar refractivity (Wildman–Crippen MR) is 116 cm³/mol. The average Bonchev–Trinajstić information content (AvgIpc) is 3.26. The minimum absolute atomic E-state index is 0.0120. The maximum atomic E-state index is 12.5. The molecule has 0 bridgehead atoms. The zero-order chi connectivity index (χ0) is 21.1. The third kappa shape index (κ3) is 4.45. The van der Waals surface area contributed by atoms with Crippen LogP contribution in [0.5, 0.6) is 0 Å². The first kappa shape index (κ1) is 19.9. The second-order valence-electron chi connectivity index (χ2n) is 7.77. The summed E-state index contributed by atoms with van der Waals surface area (Å²) in [6.07, 6.45) is 3.20. The van der Waals surface area contributed by atoms with E-state index in [4.69, 9.17) is 9.40 Å². The van der Waals surface area contributed by atoms with Gasteiger partial charge in [0.25, 0.3) is 0 Å². The number of pyridine rings is 1. The van der Waals surface area contributed by atoms with E-state index in [1.165, 1.54) is 6.92 Å². The van der Waals surface area contributed by atoms with Crippen LogP contribution in [-0.2, 0) is 16.1 Å². The molecule has 3 heterocycles. The number of furan rings is 1. The Morgan fingerprint density at radius 3 is 2.70 bits per heavy atom. The quantitative estimate of drug-likeness (QED) is 0.676. The molecular formula is C23H26N4O3. The first-order valence-electron chi connectivity index (χ1n) is 10.2. The highest BCUT2D eigenvalue weighted by atomic mass is 16.3. The van der Waals surface area contributed by atoms with Crippen LogP contribution in [0, 0.1) is 12.8 Å². The van der Waals surface area contributed by atoms with Crippen LogP contribution in [-0.4, -0.2) is 29.9 Å². The molecule has 0 aliphatic carbocycles. The van der Waals surface area contributed by atoms with Crippen LogP contribution < -0.4 is 15.5 Å². The number of rotatable bonds is 5. The molecule has 1 fully saturated rings. The lowest BCUT2D eigenvalue weighted by Crippen LogP contribution is -2.40. The van der Waals surface area contributed by atoms with Gasteiger partial charge in [0.2, 0.25) is 11.8 Å². The van der Waals surface area contributed by atoms with E-state index in [0.29, 0.717) is 6.54 Å². The van der Waals surface area contributed by atoms with Gasteiger partial charge in [-0.25, -0.2) is 4.98 Å². The Bertz CT molecular complexity index is 1050. The molecule has 0 saturated carbocycles.